The molecule has 6 heteroatoms. The molecule has 0 unspecified atom stereocenters. The summed E-state index contributed by atoms with van der Waals surface area (Å²) < 4.78 is 17.7. The van der Waals surface area contributed by atoms with Crippen LogP contribution in [0.3, 0.4) is 0 Å². The first kappa shape index (κ1) is 14.6. The molecule has 0 bridgehead atoms. The number of hydrogen-bond donors (Lipinski definition) is 0. The Labute approximate surface area is 120 Å². The van der Waals surface area contributed by atoms with Crippen molar-refractivity contribution < 1.29 is 18.8 Å². The topological polar surface area (TPSA) is 69.4 Å². The molecular formula is C15H12FNO4. The molecule has 5 nitrogen and oxygen atoms in total. The second-order valence-corrected chi connectivity index (χ2v) is 4.48. The number of nitro benzene ring substituents is 1. The van der Waals surface area contributed by atoms with Gasteiger partial charge in [0.2, 0.25) is 0 Å². The molecule has 0 amide bonds. The first-order valence-corrected chi connectivity index (χ1v) is 6.06. The Balaban J connectivity index is 2.64. The zero-order valence-corrected chi connectivity index (χ0v) is 11.4. The minimum absolute atomic E-state index is 0.0745. The zero-order chi connectivity index (χ0) is 15.6. The van der Waals surface area contributed by atoms with Crippen molar-refractivity contribution in [1.82, 2.24) is 0 Å². The average molecular weight is 289 g/mol. The second kappa shape index (κ2) is 5.70. The molecule has 0 radical (unpaired) electrons. The number of halogens is 1. The molecule has 0 saturated heterocycles. The third-order valence-electron chi connectivity index (χ3n) is 3.05. The maximum atomic E-state index is 13.2. The number of hydrogen-bond acceptors (Lipinski definition) is 4. The van der Waals surface area contributed by atoms with Crippen LogP contribution in [0.4, 0.5) is 10.1 Å². The standard InChI is InChI=1S/C15H12FNO4/c1-9-5-12(16)3-4-14(9)10-6-11(15(18)21-2)8-13(7-10)17(19)20/h3-8H,1-2H3. The van der Waals surface area contributed by atoms with Crippen molar-refractivity contribution in [1.29, 1.82) is 0 Å². The molecule has 0 aliphatic rings. The molecule has 0 saturated carbocycles. The van der Waals surface area contributed by atoms with Crippen molar-refractivity contribution in [2.75, 3.05) is 7.11 Å². The van der Waals surface area contributed by atoms with Crippen molar-refractivity contribution in [2.24, 2.45) is 0 Å². The molecule has 2 rings (SSSR count). The summed E-state index contributed by atoms with van der Waals surface area (Å²) in [6.45, 7) is 1.69. The Bertz CT molecular complexity index is 728. The predicted octanol–water partition coefficient (Wildman–Crippen LogP) is 3.50. The third kappa shape index (κ3) is 3.05. The van der Waals surface area contributed by atoms with E-state index in [1.807, 2.05) is 0 Å². The summed E-state index contributed by atoms with van der Waals surface area (Å²) >= 11 is 0. The fourth-order valence-electron chi connectivity index (χ4n) is 2.06. The highest BCUT2D eigenvalue weighted by Gasteiger charge is 2.16. The summed E-state index contributed by atoms with van der Waals surface area (Å²) in [5, 5.41) is 11.0. The highest BCUT2D eigenvalue weighted by Crippen LogP contribution is 2.29. The number of aryl methyl sites for hydroxylation is 1. The number of nitro groups is 1. The van der Waals surface area contributed by atoms with Crippen LogP contribution in [0.1, 0.15) is 15.9 Å². The van der Waals surface area contributed by atoms with Gasteiger partial charge < -0.3 is 4.74 Å². The van der Waals surface area contributed by atoms with Gasteiger partial charge in [-0.2, -0.15) is 0 Å². The number of ether oxygens (including phenoxy) is 1. The van der Waals surface area contributed by atoms with Crippen molar-refractivity contribution >= 4 is 11.7 Å². The Morgan fingerprint density at radius 2 is 1.95 bits per heavy atom. The third-order valence-corrected chi connectivity index (χ3v) is 3.05. The van der Waals surface area contributed by atoms with Gasteiger partial charge in [0.05, 0.1) is 17.6 Å². The quantitative estimate of drug-likeness (QED) is 0.492. The molecule has 2 aromatic rings. The van der Waals surface area contributed by atoms with Crippen molar-refractivity contribution in [3.8, 4) is 11.1 Å². The number of methoxy groups -OCH3 is 1. The van der Waals surface area contributed by atoms with Gasteiger partial charge in [-0.1, -0.05) is 6.07 Å². The summed E-state index contributed by atoms with van der Waals surface area (Å²) in [4.78, 5) is 22.0. The lowest BCUT2D eigenvalue weighted by Crippen LogP contribution is -2.03. The van der Waals surface area contributed by atoms with Crippen LogP contribution < -0.4 is 0 Å². The monoisotopic (exact) mass is 289 g/mol. The van der Waals surface area contributed by atoms with Gasteiger partial charge in [0, 0.05) is 12.1 Å². The number of benzene rings is 2. The SMILES string of the molecule is COC(=O)c1cc(-c2ccc(F)cc2C)cc([N+](=O)[O-])c1. The minimum atomic E-state index is -0.667. The van der Waals surface area contributed by atoms with E-state index in [0.29, 0.717) is 16.7 Å². The van der Waals surface area contributed by atoms with E-state index in [2.05, 4.69) is 4.74 Å². The van der Waals surface area contributed by atoms with Gasteiger partial charge in [0.15, 0.2) is 0 Å². The number of non-ortho nitro benzene ring substituents is 1. The normalized spacial score (nSPS) is 10.2. The van der Waals surface area contributed by atoms with Gasteiger partial charge >= 0.3 is 5.97 Å². The molecule has 0 heterocycles. The predicted molar refractivity (Wildman–Crippen MR) is 74.6 cm³/mol. The van der Waals surface area contributed by atoms with Gasteiger partial charge in [-0.15, -0.1) is 0 Å². The van der Waals surface area contributed by atoms with Crippen LogP contribution >= 0.6 is 0 Å². The van der Waals surface area contributed by atoms with E-state index in [9.17, 15) is 19.3 Å². The maximum absolute atomic E-state index is 13.2. The number of esters is 1. The van der Waals surface area contributed by atoms with Crippen LogP contribution in [0.5, 0.6) is 0 Å². The van der Waals surface area contributed by atoms with Gasteiger partial charge in [-0.25, -0.2) is 9.18 Å². The molecule has 21 heavy (non-hydrogen) atoms. The van der Waals surface area contributed by atoms with Gasteiger partial charge in [0.25, 0.3) is 5.69 Å². The highest BCUT2D eigenvalue weighted by molar-refractivity contribution is 5.92. The molecule has 0 aliphatic heterocycles. The summed E-state index contributed by atoms with van der Waals surface area (Å²) in [5.74, 6) is -1.06. The van der Waals surface area contributed by atoms with E-state index in [1.54, 1.807) is 6.92 Å². The van der Waals surface area contributed by atoms with Gasteiger partial charge in [-0.3, -0.25) is 10.1 Å². The molecule has 108 valence electrons. The average Bonchev–Trinajstić information content (AvgIpc) is 2.45. The Morgan fingerprint density at radius 3 is 2.52 bits per heavy atom. The summed E-state index contributed by atoms with van der Waals surface area (Å²) in [7, 11) is 1.20. The van der Waals surface area contributed by atoms with E-state index in [0.717, 1.165) is 6.07 Å². The zero-order valence-electron chi connectivity index (χ0n) is 11.4. The number of nitrogens with zero attached hydrogens (tertiary/aromatic N) is 1. The Morgan fingerprint density at radius 1 is 1.24 bits per heavy atom. The van der Waals surface area contributed by atoms with Crippen LogP contribution in [0, 0.1) is 22.9 Å². The lowest BCUT2D eigenvalue weighted by Gasteiger charge is -2.08. The second-order valence-electron chi connectivity index (χ2n) is 4.48. The summed E-state index contributed by atoms with van der Waals surface area (Å²) in [6, 6.07) is 8.08. The van der Waals surface area contributed by atoms with E-state index < -0.39 is 16.7 Å². The van der Waals surface area contributed by atoms with Crippen LogP contribution in [0.2, 0.25) is 0 Å². The Kier molecular flexibility index (Phi) is 3.98. The van der Waals surface area contributed by atoms with Gasteiger partial charge in [0.1, 0.15) is 5.82 Å². The van der Waals surface area contributed by atoms with E-state index in [1.165, 1.54) is 37.4 Å². The molecule has 0 aromatic heterocycles. The van der Waals surface area contributed by atoms with Crippen LogP contribution in [-0.4, -0.2) is 18.0 Å². The van der Waals surface area contributed by atoms with Crippen LogP contribution in [0.25, 0.3) is 11.1 Å². The van der Waals surface area contributed by atoms with Crippen molar-refractivity contribution in [3.05, 3.63) is 63.5 Å². The molecule has 0 spiro atoms. The fraction of sp³-hybridized carbons (Fsp3) is 0.133. The van der Waals surface area contributed by atoms with Crippen LogP contribution in [-0.2, 0) is 4.74 Å². The van der Waals surface area contributed by atoms with E-state index in [-0.39, 0.29) is 11.3 Å². The fourth-order valence-corrected chi connectivity index (χ4v) is 2.06. The molecule has 0 aliphatic carbocycles. The molecule has 0 atom stereocenters. The van der Waals surface area contributed by atoms with Crippen LogP contribution in [0.15, 0.2) is 36.4 Å². The highest BCUT2D eigenvalue weighted by atomic mass is 19.1. The first-order chi connectivity index (χ1) is 9.92. The number of carbonyl (C=O) groups excluding carboxylic acids is 1. The summed E-state index contributed by atoms with van der Waals surface area (Å²) in [6.07, 6.45) is 0. The minimum Gasteiger partial charge on any atom is -0.465 e. The largest absolute Gasteiger partial charge is 0.465 e. The molecule has 2 aromatic carbocycles. The molecular weight excluding hydrogens is 277 g/mol. The maximum Gasteiger partial charge on any atom is 0.338 e. The van der Waals surface area contributed by atoms with Crippen molar-refractivity contribution in [3.63, 3.8) is 0 Å². The van der Waals surface area contributed by atoms with E-state index in [4.69, 9.17) is 0 Å². The van der Waals surface area contributed by atoms with E-state index >= 15 is 0 Å². The molecule has 0 N–H and O–H groups in total. The number of rotatable bonds is 3. The molecule has 0 fully saturated rings. The smallest absolute Gasteiger partial charge is 0.338 e. The first-order valence-electron chi connectivity index (χ1n) is 6.06. The summed E-state index contributed by atoms with van der Waals surface area (Å²) in [5.41, 5.74) is 1.54. The Hall–Kier alpha value is -2.76. The lowest BCUT2D eigenvalue weighted by molar-refractivity contribution is -0.384. The van der Waals surface area contributed by atoms with Gasteiger partial charge in [-0.05, 0) is 41.8 Å². The number of carbonyl (C=O) groups is 1. The lowest BCUT2D eigenvalue weighted by atomic mass is 9.98. The van der Waals surface area contributed by atoms with Crippen molar-refractivity contribution in [2.45, 2.75) is 6.92 Å².